The van der Waals surface area contributed by atoms with E-state index in [4.69, 9.17) is 0 Å². The van der Waals surface area contributed by atoms with Gasteiger partial charge in [-0.15, -0.1) is 0 Å². The van der Waals surface area contributed by atoms with Gasteiger partial charge in [-0.3, -0.25) is 0 Å². The van der Waals surface area contributed by atoms with Gasteiger partial charge in [0.25, 0.3) is 6.71 Å². The number of anilines is 7. The van der Waals surface area contributed by atoms with Crippen LogP contribution in [0.1, 0.15) is 24.0 Å². The van der Waals surface area contributed by atoms with Crippen LogP contribution in [0.25, 0.3) is 0 Å². The van der Waals surface area contributed by atoms with E-state index in [2.05, 4.69) is 156 Å². The molecule has 4 heteroatoms. The summed E-state index contributed by atoms with van der Waals surface area (Å²) in [6.45, 7) is 4.50. The molecule has 1 aliphatic carbocycles. The number of hydrogen-bond acceptors (Lipinski definition) is 3. The molecule has 0 saturated carbocycles. The average molecular weight is 542 g/mol. The largest absolute Gasteiger partial charge is 0.355 e. The Labute approximate surface area is 248 Å². The van der Waals surface area contributed by atoms with Crippen LogP contribution in [0.2, 0.25) is 0 Å². The number of para-hydroxylation sites is 1. The summed E-state index contributed by atoms with van der Waals surface area (Å²) in [6.07, 6.45) is 8.84. The van der Waals surface area contributed by atoms with Crippen molar-refractivity contribution in [2.24, 2.45) is 0 Å². The quantitative estimate of drug-likeness (QED) is 0.228. The predicted octanol–water partition coefficient (Wildman–Crippen LogP) is 8.03. The lowest BCUT2D eigenvalue weighted by atomic mass is 9.33. The minimum atomic E-state index is 0.143. The fraction of sp³-hybridized carbons (Fsp3) is 0.105. The van der Waals surface area contributed by atoms with Crippen molar-refractivity contribution in [1.82, 2.24) is 0 Å². The lowest BCUT2D eigenvalue weighted by Gasteiger charge is -2.45. The van der Waals surface area contributed by atoms with Crippen molar-refractivity contribution in [3.63, 3.8) is 0 Å². The Morgan fingerprint density at radius 2 is 1.40 bits per heavy atom. The van der Waals surface area contributed by atoms with Gasteiger partial charge in [-0.25, -0.2) is 0 Å². The van der Waals surface area contributed by atoms with E-state index in [0.717, 1.165) is 24.2 Å². The molecule has 8 rings (SSSR count). The highest BCUT2D eigenvalue weighted by Gasteiger charge is 2.43. The lowest BCUT2D eigenvalue weighted by Crippen LogP contribution is -2.61. The molecule has 202 valence electrons. The number of benzene rings is 5. The fourth-order valence-corrected chi connectivity index (χ4v) is 6.88. The van der Waals surface area contributed by atoms with Gasteiger partial charge >= 0.3 is 0 Å². The Balaban J connectivity index is 1.39. The summed E-state index contributed by atoms with van der Waals surface area (Å²) in [4.78, 5) is 4.99. The first-order valence-electron chi connectivity index (χ1n) is 14.9. The molecule has 1 N–H and O–H groups in total. The van der Waals surface area contributed by atoms with Crippen LogP contribution in [0.4, 0.5) is 39.8 Å². The van der Waals surface area contributed by atoms with Crippen molar-refractivity contribution in [3.05, 3.63) is 144 Å². The number of nitrogens with zero attached hydrogens (tertiary/aromatic N) is 2. The molecule has 0 amide bonds. The second-order valence-corrected chi connectivity index (χ2v) is 11.6. The van der Waals surface area contributed by atoms with Crippen molar-refractivity contribution in [1.29, 1.82) is 0 Å². The van der Waals surface area contributed by atoms with Crippen LogP contribution in [-0.4, -0.2) is 6.71 Å². The number of allylic oxidation sites excluding steroid dienone is 4. The van der Waals surface area contributed by atoms with Crippen molar-refractivity contribution < 1.29 is 0 Å². The molecule has 0 unspecified atom stereocenters. The molecular weight excluding hydrogens is 509 g/mol. The first-order valence-corrected chi connectivity index (χ1v) is 14.9. The molecule has 0 aromatic heterocycles. The Bertz CT molecular complexity index is 1890. The molecule has 0 bridgehead atoms. The number of nitrogens with one attached hydrogen (secondary N) is 1. The summed E-state index contributed by atoms with van der Waals surface area (Å²) in [7, 11) is 0. The van der Waals surface area contributed by atoms with Gasteiger partial charge in [0, 0.05) is 45.5 Å². The van der Waals surface area contributed by atoms with E-state index in [1.165, 1.54) is 61.6 Å². The Morgan fingerprint density at radius 1 is 0.619 bits per heavy atom. The number of rotatable bonds is 4. The van der Waals surface area contributed by atoms with E-state index < -0.39 is 0 Å². The fourth-order valence-electron chi connectivity index (χ4n) is 6.88. The molecule has 2 aliphatic heterocycles. The number of fused-ring (bicyclic) bond motifs is 4. The molecule has 42 heavy (non-hydrogen) atoms. The second kappa shape index (κ2) is 9.85. The van der Waals surface area contributed by atoms with Gasteiger partial charge in [0.2, 0.25) is 0 Å². The van der Waals surface area contributed by atoms with Crippen LogP contribution in [0, 0.1) is 13.8 Å². The minimum Gasteiger partial charge on any atom is -0.355 e. The Hall–Kier alpha value is -4.96. The molecule has 2 heterocycles. The van der Waals surface area contributed by atoms with Gasteiger partial charge in [0.1, 0.15) is 0 Å². The molecular formula is C38H32BN3. The zero-order chi connectivity index (χ0) is 28.2. The topological polar surface area (TPSA) is 18.5 Å². The average Bonchev–Trinajstić information content (AvgIpc) is 3.02. The maximum Gasteiger partial charge on any atom is 0.252 e. The molecule has 3 aliphatic rings. The monoisotopic (exact) mass is 541 g/mol. The van der Waals surface area contributed by atoms with Crippen molar-refractivity contribution >= 4 is 62.9 Å². The van der Waals surface area contributed by atoms with Crippen LogP contribution in [0.5, 0.6) is 0 Å². The first-order chi connectivity index (χ1) is 20.7. The van der Waals surface area contributed by atoms with E-state index >= 15 is 0 Å². The summed E-state index contributed by atoms with van der Waals surface area (Å²) in [5, 5.41) is 3.65. The van der Waals surface area contributed by atoms with Crippen LogP contribution in [0.15, 0.2) is 133 Å². The van der Waals surface area contributed by atoms with Gasteiger partial charge in [-0.2, -0.15) is 0 Å². The highest BCUT2D eigenvalue weighted by molar-refractivity contribution is 7.00. The van der Waals surface area contributed by atoms with Crippen molar-refractivity contribution in [3.8, 4) is 0 Å². The third-order valence-electron chi connectivity index (χ3n) is 8.78. The Kier molecular flexibility index (Phi) is 5.82. The molecule has 0 spiro atoms. The zero-order valence-corrected chi connectivity index (χ0v) is 24.0. The van der Waals surface area contributed by atoms with Gasteiger partial charge in [-0.1, -0.05) is 77.9 Å². The highest BCUT2D eigenvalue weighted by atomic mass is 15.2. The van der Waals surface area contributed by atoms with Gasteiger partial charge in [0.05, 0.1) is 0 Å². The third-order valence-corrected chi connectivity index (χ3v) is 8.78. The van der Waals surface area contributed by atoms with Crippen molar-refractivity contribution in [2.45, 2.75) is 26.7 Å². The van der Waals surface area contributed by atoms with E-state index in [0.29, 0.717) is 0 Å². The van der Waals surface area contributed by atoms with Crippen LogP contribution < -0.4 is 31.5 Å². The van der Waals surface area contributed by atoms with Crippen LogP contribution in [0.3, 0.4) is 0 Å². The maximum atomic E-state index is 3.65. The number of aryl methyl sites for hydroxylation is 2. The third kappa shape index (κ3) is 3.98. The summed E-state index contributed by atoms with van der Waals surface area (Å²) < 4.78 is 0. The first kappa shape index (κ1) is 24.8. The smallest absolute Gasteiger partial charge is 0.252 e. The summed E-state index contributed by atoms with van der Waals surface area (Å²) in [6, 6.07) is 40.1. The van der Waals surface area contributed by atoms with Gasteiger partial charge < -0.3 is 15.1 Å². The molecule has 0 fully saturated rings. The van der Waals surface area contributed by atoms with Gasteiger partial charge in [0.15, 0.2) is 0 Å². The summed E-state index contributed by atoms with van der Waals surface area (Å²) in [5.41, 5.74) is 16.4. The standard InChI is InChI=1S/C38H32BN3/c1-26-16-20-31(21-17-26)41-34-23-18-27(2)24-33(34)39-32-22-19-29(40-28-10-5-3-6-11-28)25-37(32)42(30-12-7-4-8-13-30)36-15-9-14-35(41)38(36)39/h3-7,9-12,14-25,40H,8,13H2,1-2H3. The summed E-state index contributed by atoms with van der Waals surface area (Å²) >= 11 is 0. The van der Waals surface area contributed by atoms with E-state index in [1.807, 2.05) is 0 Å². The highest BCUT2D eigenvalue weighted by Crippen LogP contribution is 2.43. The zero-order valence-electron chi connectivity index (χ0n) is 24.0. The molecule has 5 aromatic carbocycles. The molecule has 0 atom stereocenters. The molecule has 5 aromatic rings. The lowest BCUT2D eigenvalue weighted by molar-refractivity contribution is 0.919. The normalized spacial score (nSPS) is 14.6. The maximum absolute atomic E-state index is 3.65. The van der Waals surface area contributed by atoms with Crippen LogP contribution in [-0.2, 0) is 0 Å². The number of hydrogen-bond donors (Lipinski definition) is 1. The molecule has 0 saturated heterocycles. The summed E-state index contributed by atoms with van der Waals surface area (Å²) in [5.74, 6) is 0. The molecule has 3 nitrogen and oxygen atoms in total. The van der Waals surface area contributed by atoms with E-state index in [-0.39, 0.29) is 6.71 Å². The Morgan fingerprint density at radius 3 is 2.19 bits per heavy atom. The van der Waals surface area contributed by atoms with Gasteiger partial charge in [-0.05, 0) is 104 Å². The van der Waals surface area contributed by atoms with Crippen LogP contribution >= 0.6 is 0 Å². The van der Waals surface area contributed by atoms with Crippen molar-refractivity contribution in [2.75, 3.05) is 15.1 Å². The molecule has 0 radical (unpaired) electrons. The van der Waals surface area contributed by atoms with E-state index in [9.17, 15) is 0 Å². The predicted molar refractivity (Wildman–Crippen MR) is 180 cm³/mol. The SMILES string of the molecule is Cc1ccc(N2c3ccc(C)cc3B3c4ccc(Nc5ccccc5)cc4N(C4=CC=CCC4)c4cccc2c43)cc1. The second-order valence-electron chi connectivity index (χ2n) is 11.6. The van der Waals surface area contributed by atoms with E-state index in [1.54, 1.807) is 0 Å². The minimum absolute atomic E-state index is 0.143.